The van der Waals surface area contributed by atoms with E-state index >= 15 is 0 Å². The molecule has 8 nitrogen and oxygen atoms in total. The molecule has 0 amide bonds. The van der Waals surface area contributed by atoms with Gasteiger partial charge in [0.2, 0.25) is 10.5 Å². The highest BCUT2D eigenvalue weighted by Gasteiger charge is 2.10. The van der Waals surface area contributed by atoms with Crippen molar-refractivity contribution in [3.8, 4) is 17.2 Å². The van der Waals surface area contributed by atoms with Crippen LogP contribution in [0.15, 0.2) is 22.0 Å². The summed E-state index contributed by atoms with van der Waals surface area (Å²) in [5, 5.41) is 20.1. The van der Waals surface area contributed by atoms with E-state index in [1.165, 1.54) is 20.4 Å². The molecule has 2 aromatic rings. The number of methoxy groups -OCH3 is 2. The Labute approximate surface area is 130 Å². The molecule has 0 fully saturated rings. The molecule has 0 saturated carbocycles. The van der Waals surface area contributed by atoms with Gasteiger partial charge in [-0.1, -0.05) is 0 Å². The number of benzene rings is 1. The molecule has 9 heteroatoms. The molecule has 1 aromatic heterocycles. The quantitative estimate of drug-likeness (QED) is 0.648. The Morgan fingerprint density at radius 3 is 2.50 bits per heavy atom. The molecule has 0 aliphatic rings. The number of aromatic amines is 1. The van der Waals surface area contributed by atoms with Crippen molar-refractivity contribution >= 4 is 18.4 Å². The Bertz CT molecular complexity index is 816. The molecule has 2 rings (SSSR count). The number of phenolic OH excluding ortho intramolecular Hbond substituents is 1. The summed E-state index contributed by atoms with van der Waals surface area (Å²) in [6.45, 7) is 1.55. The van der Waals surface area contributed by atoms with Crippen molar-refractivity contribution < 1.29 is 14.6 Å². The van der Waals surface area contributed by atoms with Crippen LogP contribution in [0.2, 0.25) is 0 Å². The van der Waals surface area contributed by atoms with Gasteiger partial charge in [-0.05, 0) is 31.3 Å². The minimum atomic E-state index is -0.419. The summed E-state index contributed by atoms with van der Waals surface area (Å²) in [4.78, 5) is 11.9. The minimum absolute atomic E-state index is 0.0737. The van der Waals surface area contributed by atoms with Gasteiger partial charge < -0.3 is 14.6 Å². The maximum atomic E-state index is 11.9. The molecular formula is C13H14N4O4S. The molecule has 116 valence electrons. The molecule has 0 unspecified atom stereocenters. The first-order valence-electron chi connectivity index (χ1n) is 6.15. The number of aromatic nitrogens is 3. The second-order valence-corrected chi connectivity index (χ2v) is 4.64. The third-order valence-corrected chi connectivity index (χ3v) is 3.10. The van der Waals surface area contributed by atoms with E-state index in [0.29, 0.717) is 5.56 Å². The van der Waals surface area contributed by atoms with E-state index in [2.05, 4.69) is 15.3 Å². The van der Waals surface area contributed by atoms with Gasteiger partial charge in [-0.15, -0.1) is 0 Å². The molecule has 0 spiro atoms. The summed E-state index contributed by atoms with van der Waals surface area (Å²) in [6.07, 6.45) is 1.40. The molecular weight excluding hydrogens is 308 g/mol. The van der Waals surface area contributed by atoms with Gasteiger partial charge in [0, 0.05) is 5.56 Å². The number of nitrogens with zero attached hydrogens (tertiary/aromatic N) is 3. The van der Waals surface area contributed by atoms with Crippen molar-refractivity contribution in [3.05, 3.63) is 38.5 Å². The van der Waals surface area contributed by atoms with Crippen LogP contribution in [-0.2, 0) is 0 Å². The van der Waals surface area contributed by atoms with Crippen molar-refractivity contribution in [1.82, 2.24) is 14.9 Å². The Morgan fingerprint density at radius 1 is 1.36 bits per heavy atom. The topological polar surface area (TPSA) is 102 Å². The van der Waals surface area contributed by atoms with E-state index in [-0.39, 0.29) is 27.7 Å². The molecule has 0 aliphatic carbocycles. The molecule has 1 aromatic carbocycles. The Hall–Kier alpha value is -2.68. The molecule has 0 atom stereocenters. The second kappa shape index (κ2) is 6.39. The van der Waals surface area contributed by atoms with Crippen LogP contribution in [-0.4, -0.2) is 40.4 Å². The van der Waals surface area contributed by atoms with Crippen LogP contribution in [0.1, 0.15) is 11.3 Å². The number of hydrogen-bond acceptors (Lipinski definition) is 7. The number of aryl methyl sites for hydroxylation is 1. The third-order valence-electron chi connectivity index (χ3n) is 2.84. The number of nitrogens with one attached hydrogen (secondary N) is 1. The molecule has 2 N–H and O–H groups in total. The lowest BCUT2D eigenvalue weighted by atomic mass is 10.2. The summed E-state index contributed by atoms with van der Waals surface area (Å²) in [5.74, 6) is 0.338. The summed E-state index contributed by atoms with van der Waals surface area (Å²) < 4.78 is 11.2. The van der Waals surface area contributed by atoms with Crippen molar-refractivity contribution in [2.75, 3.05) is 14.2 Å². The highest BCUT2D eigenvalue weighted by molar-refractivity contribution is 7.71. The van der Waals surface area contributed by atoms with Gasteiger partial charge in [0.05, 0.1) is 20.4 Å². The fourth-order valence-electron chi connectivity index (χ4n) is 1.69. The first-order valence-corrected chi connectivity index (χ1v) is 6.56. The zero-order valence-corrected chi connectivity index (χ0v) is 13.0. The zero-order valence-electron chi connectivity index (χ0n) is 12.2. The van der Waals surface area contributed by atoms with Gasteiger partial charge in [0.15, 0.2) is 11.5 Å². The SMILES string of the molecule is COc1cc(/C=N/n2c(=S)[nH]nc(C)c2=O)cc(OC)c1O. The Balaban J connectivity index is 2.50. The monoisotopic (exact) mass is 322 g/mol. The summed E-state index contributed by atoms with van der Waals surface area (Å²) in [5.41, 5.74) is 0.381. The van der Waals surface area contributed by atoms with Crippen molar-refractivity contribution in [2.24, 2.45) is 5.10 Å². The van der Waals surface area contributed by atoms with Crippen LogP contribution >= 0.6 is 12.2 Å². The lowest BCUT2D eigenvalue weighted by Gasteiger charge is -2.09. The number of aromatic hydroxyl groups is 1. The fraction of sp³-hybridized carbons (Fsp3) is 0.231. The van der Waals surface area contributed by atoms with Crippen LogP contribution in [0.5, 0.6) is 17.2 Å². The normalized spacial score (nSPS) is 10.9. The van der Waals surface area contributed by atoms with Gasteiger partial charge >= 0.3 is 0 Å². The maximum Gasteiger partial charge on any atom is 0.296 e. The van der Waals surface area contributed by atoms with Gasteiger partial charge in [0.1, 0.15) is 5.69 Å². The lowest BCUT2D eigenvalue weighted by molar-refractivity contribution is 0.340. The molecule has 0 aliphatic heterocycles. The highest BCUT2D eigenvalue weighted by atomic mass is 32.1. The molecule has 0 radical (unpaired) electrons. The van der Waals surface area contributed by atoms with E-state index in [1.807, 2.05) is 0 Å². The van der Waals surface area contributed by atoms with Crippen LogP contribution < -0.4 is 15.0 Å². The molecule has 0 saturated heterocycles. The first-order chi connectivity index (χ1) is 10.5. The zero-order chi connectivity index (χ0) is 16.3. The number of H-pyrrole nitrogens is 1. The molecule has 22 heavy (non-hydrogen) atoms. The predicted octanol–water partition coefficient (Wildman–Crippen LogP) is 1.21. The summed E-state index contributed by atoms with van der Waals surface area (Å²) in [6, 6.07) is 3.10. The van der Waals surface area contributed by atoms with Gasteiger partial charge in [-0.3, -0.25) is 9.89 Å². The van der Waals surface area contributed by atoms with Gasteiger partial charge in [-0.25, -0.2) is 0 Å². The van der Waals surface area contributed by atoms with E-state index in [1.54, 1.807) is 19.1 Å². The van der Waals surface area contributed by atoms with Crippen molar-refractivity contribution in [3.63, 3.8) is 0 Å². The van der Waals surface area contributed by atoms with E-state index in [0.717, 1.165) is 4.68 Å². The van der Waals surface area contributed by atoms with Crippen molar-refractivity contribution in [2.45, 2.75) is 6.92 Å². The van der Waals surface area contributed by atoms with Crippen LogP contribution in [0.4, 0.5) is 0 Å². The third kappa shape index (κ3) is 2.98. The van der Waals surface area contributed by atoms with Gasteiger partial charge in [-0.2, -0.15) is 14.9 Å². The average Bonchev–Trinajstić information content (AvgIpc) is 2.52. The Morgan fingerprint density at radius 2 is 1.95 bits per heavy atom. The average molecular weight is 322 g/mol. The maximum absolute atomic E-state index is 11.9. The minimum Gasteiger partial charge on any atom is -0.502 e. The van der Waals surface area contributed by atoms with E-state index in [4.69, 9.17) is 21.7 Å². The van der Waals surface area contributed by atoms with Gasteiger partial charge in [0.25, 0.3) is 5.56 Å². The smallest absolute Gasteiger partial charge is 0.296 e. The second-order valence-electron chi connectivity index (χ2n) is 4.25. The molecule has 0 bridgehead atoms. The first kappa shape index (κ1) is 15.7. The summed E-state index contributed by atoms with van der Waals surface area (Å²) >= 11 is 4.97. The van der Waals surface area contributed by atoms with E-state index < -0.39 is 5.56 Å². The van der Waals surface area contributed by atoms with E-state index in [9.17, 15) is 9.90 Å². The fourth-order valence-corrected chi connectivity index (χ4v) is 1.87. The lowest BCUT2D eigenvalue weighted by Crippen LogP contribution is -2.22. The Kier molecular flexibility index (Phi) is 4.56. The predicted molar refractivity (Wildman–Crippen MR) is 82.6 cm³/mol. The standard InChI is InChI=1S/C13H14N4O4S/c1-7-12(19)17(13(22)16-15-7)14-6-8-4-9(20-2)11(18)10(5-8)21-3/h4-6,18H,1-3H3,(H,16,22)/b14-6+. The number of rotatable bonds is 4. The number of hydrogen-bond donors (Lipinski definition) is 2. The van der Waals surface area contributed by atoms with Crippen molar-refractivity contribution in [1.29, 1.82) is 0 Å². The van der Waals surface area contributed by atoms with Crippen LogP contribution in [0, 0.1) is 11.7 Å². The summed E-state index contributed by atoms with van der Waals surface area (Å²) in [7, 11) is 2.84. The number of ether oxygens (including phenoxy) is 2. The van der Waals surface area contributed by atoms with Crippen LogP contribution in [0.3, 0.4) is 0 Å². The largest absolute Gasteiger partial charge is 0.502 e. The number of phenols is 1. The van der Waals surface area contributed by atoms with Crippen LogP contribution in [0.25, 0.3) is 0 Å². The highest BCUT2D eigenvalue weighted by Crippen LogP contribution is 2.36. The molecule has 1 heterocycles.